The van der Waals surface area contributed by atoms with Gasteiger partial charge in [-0.1, -0.05) is 85.8 Å². The van der Waals surface area contributed by atoms with Crippen molar-refractivity contribution in [2.24, 2.45) is 33.3 Å². The van der Waals surface area contributed by atoms with E-state index in [1.54, 1.807) is 21.6 Å². The smallest absolute Gasteiger partial charge is 0.105 e. The fraction of sp³-hybridized carbons (Fsp3) is 0.909. The van der Waals surface area contributed by atoms with E-state index in [2.05, 4.69) is 9.98 Å². The van der Waals surface area contributed by atoms with Crippen molar-refractivity contribution in [1.82, 2.24) is 0 Å². The molecule has 2 aliphatic carbocycles. The van der Waals surface area contributed by atoms with Gasteiger partial charge in [-0.2, -0.15) is 0 Å². The first-order valence-corrected chi connectivity index (χ1v) is 14.0. The second kappa shape index (κ2) is 19.9. The Labute approximate surface area is 205 Å². The molecule has 0 heterocycles. The van der Waals surface area contributed by atoms with Crippen LogP contribution in [0.1, 0.15) is 89.9 Å². The van der Waals surface area contributed by atoms with Gasteiger partial charge in [-0.15, -0.1) is 24.8 Å². The number of hydrogen-bond acceptors (Lipinski definition) is 4. The number of nitrogens with zero attached hydrogens (tertiary/aromatic N) is 2. The molecule has 0 unspecified atom stereocenters. The van der Waals surface area contributed by atoms with Crippen LogP contribution in [0.5, 0.6) is 0 Å². The maximum Gasteiger partial charge on any atom is 0.105 e. The van der Waals surface area contributed by atoms with Crippen LogP contribution in [0.4, 0.5) is 0 Å². The van der Waals surface area contributed by atoms with Crippen LogP contribution in [-0.2, 0) is 0 Å². The van der Waals surface area contributed by atoms with Crippen LogP contribution in [-0.4, -0.2) is 36.3 Å². The van der Waals surface area contributed by atoms with Gasteiger partial charge in [-0.25, -0.2) is 0 Å². The summed E-state index contributed by atoms with van der Waals surface area (Å²) in [6.45, 7) is 1.77. The zero-order chi connectivity index (χ0) is 19.9. The van der Waals surface area contributed by atoms with Crippen LogP contribution >= 0.6 is 46.4 Å². The number of aliphatic imine (C=N–C) groups is 2. The Kier molecular flexibility index (Phi) is 20.0. The lowest BCUT2D eigenvalue weighted by atomic mass is 9.86. The monoisotopic (exact) mass is 498 g/mol. The molecule has 2 fully saturated rings. The number of halogens is 2. The minimum absolute atomic E-state index is 0. The molecule has 0 aromatic heterocycles. The molecule has 4 nitrogen and oxygen atoms in total. The van der Waals surface area contributed by atoms with Gasteiger partial charge >= 0.3 is 0 Å². The third-order valence-corrected chi connectivity index (χ3v) is 8.32. The molecule has 0 radical (unpaired) electrons. The molecule has 0 saturated heterocycles. The molecule has 0 aromatic carbocycles. The van der Waals surface area contributed by atoms with Gasteiger partial charge in [0.2, 0.25) is 0 Å². The van der Waals surface area contributed by atoms with Gasteiger partial charge in [-0.3, -0.25) is 9.98 Å². The molecular weight excluding hydrogens is 455 g/mol. The molecule has 30 heavy (non-hydrogen) atoms. The van der Waals surface area contributed by atoms with E-state index in [-0.39, 0.29) is 24.8 Å². The van der Waals surface area contributed by atoms with Gasteiger partial charge in [0.25, 0.3) is 0 Å². The van der Waals surface area contributed by atoms with E-state index in [0.717, 1.165) is 48.1 Å². The lowest BCUT2D eigenvalue weighted by Crippen LogP contribution is -2.17. The Morgan fingerprint density at radius 1 is 0.633 bits per heavy atom. The van der Waals surface area contributed by atoms with E-state index in [1.165, 1.54) is 89.9 Å². The first kappa shape index (κ1) is 30.2. The second-order valence-corrected chi connectivity index (χ2v) is 11.0. The van der Waals surface area contributed by atoms with Crippen molar-refractivity contribution < 1.29 is 0 Å². The van der Waals surface area contributed by atoms with Gasteiger partial charge in [0.05, 0.1) is 11.5 Å². The van der Waals surface area contributed by atoms with E-state index >= 15 is 0 Å². The van der Waals surface area contributed by atoms with E-state index in [9.17, 15) is 0 Å². The number of amidine groups is 2. The molecule has 8 heteroatoms. The van der Waals surface area contributed by atoms with Crippen molar-refractivity contribution in [2.75, 3.05) is 24.6 Å². The summed E-state index contributed by atoms with van der Waals surface area (Å²) >= 11 is 0. The first-order chi connectivity index (χ1) is 13.7. The predicted octanol–water partition coefficient (Wildman–Crippen LogP) is 6.65. The molecule has 0 bridgehead atoms. The van der Waals surface area contributed by atoms with Crippen LogP contribution in [0.25, 0.3) is 0 Å². The van der Waals surface area contributed by atoms with Gasteiger partial charge in [0.1, 0.15) is 11.7 Å². The van der Waals surface area contributed by atoms with Gasteiger partial charge in [0, 0.05) is 13.1 Å². The van der Waals surface area contributed by atoms with Crippen LogP contribution in [0, 0.1) is 11.8 Å². The predicted molar refractivity (Wildman–Crippen MR) is 144 cm³/mol. The van der Waals surface area contributed by atoms with E-state index in [0.29, 0.717) is 0 Å². The van der Waals surface area contributed by atoms with Crippen molar-refractivity contribution in [1.29, 1.82) is 0 Å². The third kappa shape index (κ3) is 15.1. The molecule has 0 amide bonds. The van der Waals surface area contributed by atoms with Gasteiger partial charge in [0.15, 0.2) is 0 Å². The molecule has 2 rings (SSSR count). The Hall–Kier alpha value is 0.220. The Balaban J connectivity index is 0.00000420. The molecule has 2 aliphatic rings. The highest BCUT2D eigenvalue weighted by atomic mass is 35.5. The molecule has 2 saturated carbocycles. The zero-order valence-electron chi connectivity index (χ0n) is 18.6. The SMILES string of the molecule is Cl.Cl.NC(CSSCC(N)=NCCCC1CCCCC1)=NCCCC1CCCCC1. The zero-order valence-corrected chi connectivity index (χ0v) is 21.8. The fourth-order valence-electron chi connectivity index (χ4n) is 4.45. The van der Waals surface area contributed by atoms with E-state index in [4.69, 9.17) is 11.5 Å². The molecule has 178 valence electrons. The van der Waals surface area contributed by atoms with E-state index < -0.39 is 0 Å². The van der Waals surface area contributed by atoms with Crippen LogP contribution in [0.3, 0.4) is 0 Å². The lowest BCUT2D eigenvalue weighted by Gasteiger charge is -2.20. The van der Waals surface area contributed by atoms with Crippen molar-refractivity contribution in [3.63, 3.8) is 0 Å². The fourth-order valence-corrected chi connectivity index (χ4v) is 6.27. The summed E-state index contributed by atoms with van der Waals surface area (Å²) in [4.78, 5) is 9.06. The summed E-state index contributed by atoms with van der Waals surface area (Å²) in [5.41, 5.74) is 12.1. The van der Waals surface area contributed by atoms with Gasteiger partial charge < -0.3 is 11.5 Å². The summed E-state index contributed by atoms with van der Waals surface area (Å²) < 4.78 is 0. The second-order valence-electron chi connectivity index (χ2n) is 8.56. The highest BCUT2D eigenvalue weighted by Gasteiger charge is 2.13. The number of rotatable bonds is 13. The topological polar surface area (TPSA) is 76.8 Å². The summed E-state index contributed by atoms with van der Waals surface area (Å²) in [7, 11) is 3.48. The Bertz CT molecular complexity index is 424. The van der Waals surface area contributed by atoms with Crippen molar-refractivity contribution in [2.45, 2.75) is 89.9 Å². The molecule has 0 aliphatic heterocycles. The largest absolute Gasteiger partial charge is 0.387 e. The third-order valence-electron chi connectivity index (χ3n) is 6.12. The summed E-state index contributed by atoms with van der Waals surface area (Å²) in [5.74, 6) is 4.99. The molecular formula is C22H44Cl2N4S2. The quantitative estimate of drug-likeness (QED) is 0.129. The normalized spacial score (nSPS) is 19.2. The summed E-state index contributed by atoms with van der Waals surface area (Å²) in [5, 5.41) is 0. The summed E-state index contributed by atoms with van der Waals surface area (Å²) in [6, 6.07) is 0. The number of hydrogen-bond donors (Lipinski definition) is 2. The summed E-state index contributed by atoms with van der Waals surface area (Å²) in [6.07, 6.45) is 19.3. The highest BCUT2D eigenvalue weighted by Crippen LogP contribution is 2.28. The Morgan fingerprint density at radius 2 is 1.00 bits per heavy atom. The maximum atomic E-state index is 6.03. The van der Waals surface area contributed by atoms with Gasteiger partial charge in [-0.05, 0) is 37.5 Å². The highest BCUT2D eigenvalue weighted by molar-refractivity contribution is 8.77. The molecule has 0 aromatic rings. The van der Waals surface area contributed by atoms with E-state index in [1.807, 2.05) is 0 Å². The standard InChI is InChI=1S/C22H42N4S2.2ClH/c23-21(25-15-7-13-19-9-3-1-4-10-19)17-27-28-18-22(24)26-16-8-14-20-11-5-2-6-12-20;;/h19-20H,1-18H2,(H2,23,25)(H2,24,26);2*1H. The van der Waals surface area contributed by atoms with Crippen molar-refractivity contribution in [3.05, 3.63) is 0 Å². The minimum Gasteiger partial charge on any atom is -0.387 e. The van der Waals surface area contributed by atoms with Crippen LogP contribution in [0.15, 0.2) is 9.98 Å². The number of nitrogens with two attached hydrogens (primary N) is 2. The minimum atomic E-state index is 0. The lowest BCUT2D eigenvalue weighted by molar-refractivity contribution is 0.334. The average molecular weight is 500 g/mol. The van der Waals surface area contributed by atoms with Crippen molar-refractivity contribution in [3.8, 4) is 0 Å². The first-order valence-electron chi connectivity index (χ1n) is 11.6. The van der Waals surface area contributed by atoms with Crippen molar-refractivity contribution >= 4 is 58.1 Å². The molecule has 0 atom stereocenters. The van der Waals surface area contributed by atoms with Crippen LogP contribution < -0.4 is 11.5 Å². The molecule has 0 spiro atoms. The van der Waals surface area contributed by atoms with Crippen LogP contribution in [0.2, 0.25) is 0 Å². The average Bonchev–Trinajstić information content (AvgIpc) is 2.73. The Morgan fingerprint density at radius 3 is 1.37 bits per heavy atom. The maximum absolute atomic E-state index is 6.03. The molecule has 4 N–H and O–H groups in total.